The SMILES string of the molecule is C=C(C#N)C(=O)N1CCCC(C)C1. The Morgan fingerprint density at radius 3 is 2.92 bits per heavy atom. The number of rotatable bonds is 1. The van der Waals surface area contributed by atoms with Crippen LogP contribution in [0.4, 0.5) is 0 Å². The molecule has 3 nitrogen and oxygen atoms in total. The van der Waals surface area contributed by atoms with Gasteiger partial charge in [-0.25, -0.2) is 0 Å². The fourth-order valence-electron chi connectivity index (χ4n) is 1.61. The Labute approximate surface area is 78.6 Å². The van der Waals surface area contributed by atoms with E-state index in [0.29, 0.717) is 5.92 Å². The maximum absolute atomic E-state index is 11.5. The van der Waals surface area contributed by atoms with Crippen molar-refractivity contribution in [1.29, 1.82) is 5.26 Å². The van der Waals surface area contributed by atoms with Gasteiger partial charge in [0.2, 0.25) is 0 Å². The molecule has 1 aliphatic heterocycles. The summed E-state index contributed by atoms with van der Waals surface area (Å²) in [5.74, 6) is 0.346. The number of carbonyl (C=O) groups excluding carboxylic acids is 1. The fourth-order valence-corrected chi connectivity index (χ4v) is 1.61. The molecule has 1 rings (SSSR count). The van der Waals surface area contributed by atoms with Crippen LogP contribution < -0.4 is 0 Å². The Bertz CT molecular complexity index is 265. The summed E-state index contributed by atoms with van der Waals surface area (Å²) in [6.45, 7) is 7.07. The summed E-state index contributed by atoms with van der Waals surface area (Å²) in [5, 5.41) is 8.50. The molecule has 1 saturated heterocycles. The van der Waals surface area contributed by atoms with E-state index in [2.05, 4.69) is 13.5 Å². The molecule has 0 N–H and O–H groups in total. The lowest BCUT2D eigenvalue weighted by atomic mass is 10.00. The van der Waals surface area contributed by atoms with Crippen LogP contribution in [0.2, 0.25) is 0 Å². The third-order valence-electron chi connectivity index (χ3n) is 2.34. The first-order chi connectivity index (χ1) is 6.15. The highest BCUT2D eigenvalue weighted by molar-refractivity contribution is 5.96. The second-order valence-corrected chi connectivity index (χ2v) is 3.59. The van der Waals surface area contributed by atoms with Gasteiger partial charge in [-0.2, -0.15) is 5.26 Å². The van der Waals surface area contributed by atoms with E-state index in [1.54, 1.807) is 11.0 Å². The van der Waals surface area contributed by atoms with Crippen LogP contribution in [0, 0.1) is 17.2 Å². The number of carbonyl (C=O) groups is 1. The van der Waals surface area contributed by atoms with Crippen molar-refractivity contribution in [2.24, 2.45) is 5.92 Å². The minimum absolute atomic E-state index is 0.0501. The molecule has 0 aliphatic carbocycles. The van der Waals surface area contributed by atoms with Crippen molar-refractivity contribution >= 4 is 5.91 Å². The van der Waals surface area contributed by atoms with E-state index in [9.17, 15) is 4.79 Å². The molecule has 0 radical (unpaired) electrons. The predicted molar refractivity (Wildman–Crippen MR) is 49.7 cm³/mol. The van der Waals surface area contributed by atoms with Crippen LogP contribution in [0.25, 0.3) is 0 Å². The zero-order valence-corrected chi connectivity index (χ0v) is 7.92. The molecule has 0 bridgehead atoms. The Balaban J connectivity index is 2.57. The van der Waals surface area contributed by atoms with Crippen molar-refractivity contribution in [3.05, 3.63) is 12.2 Å². The first-order valence-electron chi connectivity index (χ1n) is 4.53. The van der Waals surface area contributed by atoms with Crippen molar-refractivity contribution in [1.82, 2.24) is 4.90 Å². The van der Waals surface area contributed by atoms with Crippen LogP contribution in [-0.4, -0.2) is 23.9 Å². The third-order valence-corrected chi connectivity index (χ3v) is 2.34. The Hall–Kier alpha value is -1.30. The van der Waals surface area contributed by atoms with Crippen LogP contribution >= 0.6 is 0 Å². The summed E-state index contributed by atoms with van der Waals surface area (Å²) in [7, 11) is 0. The molecule has 1 heterocycles. The number of nitriles is 1. The second-order valence-electron chi connectivity index (χ2n) is 3.59. The minimum atomic E-state index is -0.200. The van der Waals surface area contributed by atoms with E-state index in [1.807, 2.05) is 0 Å². The van der Waals surface area contributed by atoms with Gasteiger partial charge < -0.3 is 4.90 Å². The average molecular weight is 178 g/mol. The second kappa shape index (κ2) is 4.08. The molecule has 0 aromatic heterocycles. The number of likely N-dealkylation sites (tertiary alicyclic amines) is 1. The molecule has 13 heavy (non-hydrogen) atoms. The standard InChI is InChI=1S/C10H14N2O/c1-8-4-3-5-12(7-8)10(13)9(2)6-11/h8H,2-5,7H2,1H3. The number of hydrogen-bond acceptors (Lipinski definition) is 2. The Morgan fingerprint density at radius 2 is 2.38 bits per heavy atom. The molecular weight excluding hydrogens is 164 g/mol. The fraction of sp³-hybridized carbons (Fsp3) is 0.600. The van der Waals surface area contributed by atoms with Crippen LogP contribution in [0.15, 0.2) is 12.2 Å². The van der Waals surface area contributed by atoms with Gasteiger partial charge in [-0.05, 0) is 18.8 Å². The molecule has 70 valence electrons. The summed E-state index contributed by atoms with van der Waals surface area (Å²) in [4.78, 5) is 13.2. The highest BCUT2D eigenvalue weighted by atomic mass is 16.2. The predicted octanol–water partition coefficient (Wildman–Crippen LogP) is 1.32. The van der Waals surface area contributed by atoms with Crippen LogP contribution in [-0.2, 0) is 4.79 Å². The van der Waals surface area contributed by atoms with Crippen molar-refractivity contribution in [3.63, 3.8) is 0 Å². The topological polar surface area (TPSA) is 44.1 Å². The quantitative estimate of drug-likeness (QED) is 0.449. The molecule has 0 spiro atoms. The molecule has 1 atom stereocenters. The van der Waals surface area contributed by atoms with Gasteiger partial charge in [0.15, 0.2) is 0 Å². The monoisotopic (exact) mass is 178 g/mol. The zero-order valence-electron chi connectivity index (χ0n) is 7.92. The van der Waals surface area contributed by atoms with Gasteiger partial charge in [-0.1, -0.05) is 13.5 Å². The Morgan fingerprint density at radius 1 is 1.69 bits per heavy atom. The van der Waals surface area contributed by atoms with E-state index in [0.717, 1.165) is 19.5 Å². The van der Waals surface area contributed by atoms with Gasteiger partial charge in [0, 0.05) is 13.1 Å². The lowest BCUT2D eigenvalue weighted by molar-refractivity contribution is -0.128. The lowest BCUT2D eigenvalue weighted by Gasteiger charge is -2.30. The van der Waals surface area contributed by atoms with Crippen LogP contribution in [0.3, 0.4) is 0 Å². The maximum Gasteiger partial charge on any atom is 0.263 e. The summed E-state index contributed by atoms with van der Waals surface area (Å²) >= 11 is 0. The number of piperidine rings is 1. The number of nitrogens with zero attached hydrogens (tertiary/aromatic N) is 2. The van der Waals surface area contributed by atoms with Gasteiger partial charge in [-0.3, -0.25) is 4.79 Å². The van der Waals surface area contributed by atoms with Gasteiger partial charge in [0.25, 0.3) is 5.91 Å². The van der Waals surface area contributed by atoms with E-state index in [1.165, 1.54) is 6.42 Å². The van der Waals surface area contributed by atoms with Crippen LogP contribution in [0.1, 0.15) is 19.8 Å². The molecule has 1 fully saturated rings. The van der Waals surface area contributed by atoms with Gasteiger partial charge in [0.1, 0.15) is 11.6 Å². The normalized spacial score (nSPS) is 22.2. The van der Waals surface area contributed by atoms with Gasteiger partial charge in [-0.15, -0.1) is 0 Å². The van der Waals surface area contributed by atoms with Crippen molar-refractivity contribution in [2.75, 3.05) is 13.1 Å². The molecule has 0 saturated carbocycles. The van der Waals surface area contributed by atoms with Crippen molar-refractivity contribution < 1.29 is 4.79 Å². The molecule has 1 amide bonds. The average Bonchev–Trinajstić information content (AvgIpc) is 2.15. The van der Waals surface area contributed by atoms with Crippen LogP contribution in [0.5, 0.6) is 0 Å². The molecule has 1 aliphatic rings. The van der Waals surface area contributed by atoms with Gasteiger partial charge in [0.05, 0.1) is 0 Å². The highest BCUT2D eigenvalue weighted by Crippen LogP contribution is 2.16. The van der Waals surface area contributed by atoms with E-state index in [4.69, 9.17) is 5.26 Å². The molecular formula is C10H14N2O. The molecule has 3 heteroatoms. The van der Waals surface area contributed by atoms with Crippen molar-refractivity contribution in [3.8, 4) is 6.07 Å². The molecule has 0 aromatic carbocycles. The lowest BCUT2D eigenvalue weighted by Crippen LogP contribution is -2.39. The number of amides is 1. The van der Waals surface area contributed by atoms with Crippen molar-refractivity contribution in [2.45, 2.75) is 19.8 Å². The minimum Gasteiger partial charge on any atom is -0.338 e. The zero-order chi connectivity index (χ0) is 9.84. The first kappa shape index (κ1) is 9.79. The largest absolute Gasteiger partial charge is 0.338 e. The molecule has 1 unspecified atom stereocenters. The smallest absolute Gasteiger partial charge is 0.263 e. The highest BCUT2D eigenvalue weighted by Gasteiger charge is 2.22. The van der Waals surface area contributed by atoms with E-state index >= 15 is 0 Å². The summed E-state index contributed by atoms with van der Waals surface area (Å²) in [5.41, 5.74) is 0.0501. The summed E-state index contributed by atoms with van der Waals surface area (Å²) < 4.78 is 0. The van der Waals surface area contributed by atoms with Gasteiger partial charge >= 0.3 is 0 Å². The third kappa shape index (κ3) is 2.32. The number of hydrogen-bond donors (Lipinski definition) is 0. The van der Waals surface area contributed by atoms with E-state index in [-0.39, 0.29) is 11.5 Å². The van der Waals surface area contributed by atoms with E-state index < -0.39 is 0 Å². The maximum atomic E-state index is 11.5. The Kier molecular flexibility index (Phi) is 3.07. The summed E-state index contributed by atoms with van der Waals surface area (Å²) in [6, 6.07) is 1.79. The molecule has 0 aromatic rings. The first-order valence-corrected chi connectivity index (χ1v) is 4.53. The summed E-state index contributed by atoms with van der Waals surface area (Å²) in [6.07, 6.45) is 2.20.